The monoisotopic (exact) mass is 323 g/mol. The van der Waals surface area contributed by atoms with Crippen LogP contribution < -0.4 is 5.73 Å². The third kappa shape index (κ3) is 2.94. The minimum Gasteiger partial charge on any atom is -0.398 e. The standard InChI is InChI=1S/C13H7F6NS/c14-5-1-2-7(20)8(3-5)21-4-6-9(15)11(17)13(19)12(18)10(6)16/h1-3H,4,20H2. The molecule has 0 radical (unpaired) electrons. The van der Waals surface area contributed by atoms with Crippen molar-refractivity contribution in [3.8, 4) is 0 Å². The SMILES string of the molecule is Nc1ccc(F)cc1SCc1c(F)c(F)c(F)c(F)c1F. The van der Waals surface area contributed by atoms with E-state index in [0.29, 0.717) is 11.8 Å². The van der Waals surface area contributed by atoms with Gasteiger partial charge in [0.05, 0.1) is 0 Å². The number of halogens is 6. The van der Waals surface area contributed by atoms with Crippen LogP contribution in [0.5, 0.6) is 0 Å². The van der Waals surface area contributed by atoms with Gasteiger partial charge in [-0.25, -0.2) is 26.3 Å². The summed E-state index contributed by atoms with van der Waals surface area (Å²) < 4.78 is 78.8. The Hall–Kier alpha value is -1.83. The minimum absolute atomic E-state index is 0.130. The van der Waals surface area contributed by atoms with Crippen molar-refractivity contribution in [3.63, 3.8) is 0 Å². The summed E-state index contributed by atoms with van der Waals surface area (Å²) in [7, 11) is 0. The molecule has 0 fully saturated rings. The van der Waals surface area contributed by atoms with Crippen molar-refractivity contribution in [3.05, 3.63) is 58.7 Å². The molecular weight excluding hydrogens is 316 g/mol. The predicted octanol–water partition coefficient (Wildman–Crippen LogP) is 4.40. The molecule has 8 heteroatoms. The predicted molar refractivity (Wildman–Crippen MR) is 66.6 cm³/mol. The maximum absolute atomic E-state index is 13.4. The molecule has 0 saturated heterocycles. The zero-order valence-corrected chi connectivity index (χ0v) is 11.0. The molecule has 0 aliphatic carbocycles. The van der Waals surface area contributed by atoms with E-state index in [-0.39, 0.29) is 10.6 Å². The topological polar surface area (TPSA) is 26.0 Å². The Morgan fingerprint density at radius 1 is 0.810 bits per heavy atom. The van der Waals surface area contributed by atoms with Gasteiger partial charge in [-0.05, 0) is 18.2 Å². The van der Waals surface area contributed by atoms with Crippen LogP contribution in [-0.4, -0.2) is 0 Å². The lowest BCUT2D eigenvalue weighted by Crippen LogP contribution is -2.06. The molecule has 0 amide bonds. The molecule has 0 aromatic heterocycles. The van der Waals surface area contributed by atoms with E-state index in [1.54, 1.807) is 0 Å². The Balaban J connectivity index is 2.35. The zero-order chi connectivity index (χ0) is 15.7. The average Bonchev–Trinajstić information content (AvgIpc) is 2.46. The van der Waals surface area contributed by atoms with Gasteiger partial charge in [-0.1, -0.05) is 0 Å². The first kappa shape index (κ1) is 15.6. The highest BCUT2D eigenvalue weighted by Crippen LogP contribution is 2.32. The fourth-order valence-corrected chi connectivity index (χ4v) is 2.54. The van der Waals surface area contributed by atoms with Gasteiger partial charge < -0.3 is 5.73 Å². The van der Waals surface area contributed by atoms with Gasteiger partial charge in [0.2, 0.25) is 5.82 Å². The van der Waals surface area contributed by atoms with Crippen molar-refractivity contribution < 1.29 is 26.3 Å². The molecule has 2 N–H and O–H groups in total. The molecule has 1 nitrogen and oxygen atoms in total. The Bertz CT molecular complexity index is 675. The lowest BCUT2D eigenvalue weighted by atomic mass is 10.2. The van der Waals surface area contributed by atoms with E-state index < -0.39 is 46.2 Å². The van der Waals surface area contributed by atoms with Crippen molar-refractivity contribution in [2.75, 3.05) is 5.73 Å². The highest BCUT2D eigenvalue weighted by atomic mass is 32.2. The van der Waals surface area contributed by atoms with E-state index in [1.807, 2.05) is 0 Å². The van der Waals surface area contributed by atoms with Gasteiger partial charge in [-0.2, -0.15) is 0 Å². The fourth-order valence-electron chi connectivity index (χ4n) is 1.56. The first-order valence-corrected chi connectivity index (χ1v) is 6.49. The van der Waals surface area contributed by atoms with Crippen LogP contribution >= 0.6 is 11.8 Å². The summed E-state index contributed by atoms with van der Waals surface area (Å²) in [4.78, 5) is 0.138. The highest BCUT2D eigenvalue weighted by Gasteiger charge is 2.25. The third-order valence-electron chi connectivity index (χ3n) is 2.65. The molecule has 112 valence electrons. The van der Waals surface area contributed by atoms with Crippen molar-refractivity contribution in [2.24, 2.45) is 0 Å². The van der Waals surface area contributed by atoms with Crippen LogP contribution in [0.1, 0.15) is 5.56 Å². The van der Waals surface area contributed by atoms with Crippen LogP contribution in [-0.2, 0) is 5.75 Å². The number of anilines is 1. The number of nitrogen functional groups attached to an aromatic ring is 1. The Morgan fingerprint density at radius 2 is 1.33 bits per heavy atom. The van der Waals surface area contributed by atoms with Gasteiger partial charge in [0, 0.05) is 21.9 Å². The van der Waals surface area contributed by atoms with Gasteiger partial charge in [0.25, 0.3) is 0 Å². The first-order valence-electron chi connectivity index (χ1n) is 5.51. The zero-order valence-electron chi connectivity index (χ0n) is 10.2. The summed E-state index contributed by atoms with van der Waals surface area (Å²) in [5.41, 5.74) is 4.67. The third-order valence-corrected chi connectivity index (χ3v) is 3.75. The molecule has 0 bridgehead atoms. The van der Waals surface area contributed by atoms with Gasteiger partial charge >= 0.3 is 0 Å². The van der Waals surface area contributed by atoms with Crippen LogP contribution in [0.15, 0.2) is 23.1 Å². The number of nitrogens with two attached hydrogens (primary N) is 1. The van der Waals surface area contributed by atoms with Crippen LogP contribution in [0.3, 0.4) is 0 Å². The Kier molecular flexibility index (Phi) is 4.36. The lowest BCUT2D eigenvalue weighted by molar-refractivity contribution is 0.372. The molecule has 0 saturated carbocycles. The highest BCUT2D eigenvalue weighted by molar-refractivity contribution is 7.98. The van der Waals surface area contributed by atoms with Gasteiger partial charge in [-0.15, -0.1) is 11.8 Å². The molecule has 0 unspecified atom stereocenters. The maximum atomic E-state index is 13.4. The lowest BCUT2D eigenvalue weighted by Gasteiger charge is -2.09. The summed E-state index contributed by atoms with van der Waals surface area (Å²) in [5.74, 6) is -11.3. The fraction of sp³-hybridized carbons (Fsp3) is 0.0769. The van der Waals surface area contributed by atoms with E-state index in [1.165, 1.54) is 6.07 Å². The smallest absolute Gasteiger partial charge is 0.200 e. The van der Waals surface area contributed by atoms with E-state index in [0.717, 1.165) is 12.1 Å². The van der Waals surface area contributed by atoms with Crippen molar-refractivity contribution >= 4 is 17.4 Å². The van der Waals surface area contributed by atoms with Crippen LogP contribution in [0, 0.1) is 34.9 Å². The molecule has 2 rings (SSSR count). The largest absolute Gasteiger partial charge is 0.398 e. The van der Waals surface area contributed by atoms with E-state index >= 15 is 0 Å². The number of hydrogen-bond donors (Lipinski definition) is 1. The summed E-state index contributed by atoms with van der Waals surface area (Å²) in [6, 6.07) is 3.32. The Morgan fingerprint density at radius 3 is 1.90 bits per heavy atom. The molecule has 2 aromatic carbocycles. The molecular formula is C13H7F6NS. The second-order valence-electron chi connectivity index (χ2n) is 4.02. The molecule has 2 aromatic rings. The van der Waals surface area contributed by atoms with Gasteiger partial charge in [0.1, 0.15) is 5.82 Å². The van der Waals surface area contributed by atoms with Crippen LogP contribution in [0.25, 0.3) is 0 Å². The molecule has 21 heavy (non-hydrogen) atoms. The van der Waals surface area contributed by atoms with Gasteiger partial charge in [0.15, 0.2) is 23.3 Å². The second-order valence-corrected chi connectivity index (χ2v) is 5.04. The number of thioether (sulfide) groups is 1. The van der Waals surface area contributed by atoms with Crippen LogP contribution in [0.4, 0.5) is 32.0 Å². The molecule has 0 atom stereocenters. The molecule has 0 heterocycles. The number of benzene rings is 2. The Labute approximate surface area is 119 Å². The molecule has 0 spiro atoms. The summed E-state index contributed by atoms with van der Waals surface area (Å²) >= 11 is 0.665. The average molecular weight is 323 g/mol. The van der Waals surface area contributed by atoms with Gasteiger partial charge in [-0.3, -0.25) is 0 Å². The summed E-state index contributed by atoms with van der Waals surface area (Å²) in [6.45, 7) is 0. The van der Waals surface area contributed by atoms with E-state index in [9.17, 15) is 26.3 Å². The maximum Gasteiger partial charge on any atom is 0.200 e. The molecule has 0 aliphatic heterocycles. The normalized spacial score (nSPS) is 11.0. The van der Waals surface area contributed by atoms with E-state index in [2.05, 4.69) is 0 Å². The second kappa shape index (κ2) is 5.88. The number of rotatable bonds is 3. The number of hydrogen-bond acceptors (Lipinski definition) is 2. The molecule has 0 aliphatic rings. The summed E-state index contributed by atoms with van der Waals surface area (Å²) in [5, 5.41) is 0. The van der Waals surface area contributed by atoms with Crippen LogP contribution in [0.2, 0.25) is 0 Å². The quantitative estimate of drug-likeness (QED) is 0.298. The van der Waals surface area contributed by atoms with E-state index in [4.69, 9.17) is 5.73 Å². The summed E-state index contributed by atoms with van der Waals surface area (Å²) in [6.07, 6.45) is 0. The van der Waals surface area contributed by atoms with Crippen molar-refractivity contribution in [1.29, 1.82) is 0 Å². The van der Waals surface area contributed by atoms with Crippen molar-refractivity contribution in [2.45, 2.75) is 10.6 Å². The van der Waals surface area contributed by atoms with Crippen molar-refractivity contribution in [1.82, 2.24) is 0 Å². The first-order chi connectivity index (χ1) is 9.82. The minimum atomic E-state index is -2.22.